The molecule has 1 aromatic carbocycles. The summed E-state index contributed by atoms with van der Waals surface area (Å²) in [5.74, 6) is -0.306. The summed E-state index contributed by atoms with van der Waals surface area (Å²) < 4.78 is 0. The normalized spacial score (nSPS) is 10.9. The summed E-state index contributed by atoms with van der Waals surface area (Å²) >= 11 is 11.9. The fourth-order valence-corrected chi connectivity index (χ4v) is 1.86. The summed E-state index contributed by atoms with van der Waals surface area (Å²) in [5.41, 5.74) is 0.635. The first-order chi connectivity index (χ1) is 9.10. The van der Waals surface area contributed by atoms with Crippen molar-refractivity contribution < 1.29 is 15.0 Å². The second kappa shape index (κ2) is 8.17. The summed E-state index contributed by atoms with van der Waals surface area (Å²) in [6.07, 6.45) is 2.89. The Morgan fingerprint density at radius 1 is 1.21 bits per heavy atom. The maximum atomic E-state index is 11.8. The topological polar surface area (TPSA) is 60.8 Å². The zero-order valence-electron chi connectivity index (χ0n) is 10.2. The van der Waals surface area contributed by atoms with Crippen LogP contribution in [0.3, 0.4) is 0 Å². The van der Waals surface area contributed by atoms with E-state index in [1.807, 2.05) is 0 Å². The molecule has 0 unspecified atom stereocenters. The van der Waals surface area contributed by atoms with E-state index in [2.05, 4.69) is 0 Å². The Balaban J connectivity index is 2.79. The molecule has 0 fully saturated rings. The van der Waals surface area contributed by atoms with Crippen LogP contribution in [0.2, 0.25) is 10.0 Å². The van der Waals surface area contributed by atoms with Crippen LogP contribution in [0, 0.1) is 0 Å². The first-order valence-electron chi connectivity index (χ1n) is 5.73. The van der Waals surface area contributed by atoms with Crippen LogP contribution >= 0.6 is 23.2 Å². The largest absolute Gasteiger partial charge is 0.395 e. The van der Waals surface area contributed by atoms with Crippen molar-refractivity contribution in [2.75, 3.05) is 26.3 Å². The minimum absolute atomic E-state index is 0.155. The van der Waals surface area contributed by atoms with Gasteiger partial charge in [-0.15, -0.1) is 0 Å². The van der Waals surface area contributed by atoms with Crippen molar-refractivity contribution >= 4 is 35.2 Å². The molecule has 1 amide bonds. The summed E-state index contributed by atoms with van der Waals surface area (Å²) in [7, 11) is 0. The number of rotatable bonds is 6. The molecule has 0 radical (unpaired) electrons. The molecule has 2 N–H and O–H groups in total. The van der Waals surface area contributed by atoms with Crippen molar-refractivity contribution in [1.29, 1.82) is 0 Å². The summed E-state index contributed by atoms with van der Waals surface area (Å²) in [5, 5.41) is 18.5. The minimum Gasteiger partial charge on any atom is -0.395 e. The first-order valence-corrected chi connectivity index (χ1v) is 6.48. The number of amides is 1. The molecule has 0 heterocycles. The predicted octanol–water partition coefficient (Wildman–Crippen LogP) is 1.82. The molecule has 0 aliphatic rings. The molecule has 104 valence electrons. The van der Waals surface area contributed by atoms with Gasteiger partial charge in [0.05, 0.1) is 23.3 Å². The van der Waals surface area contributed by atoms with Crippen molar-refractivity contribution in [3.05, 3.63) is 39.9 Å². The quantitative estimate of drug-likeness (QED) is 0.788. The smallest absolute Gasteiger partial charge is 0.246 e. The van der Waals surface area contributed by atoms with Crippen LogP contribution in [0.15, 0.2) is 24.3 Å². The van der Waals surface area contributed by atoms with Crippen LogP contribution in [-0.2, 0) is 4.79 Å². The molecular weight excluding hydrogens is 289 g/mol. The number of carbonyl (C=O) groups excluding carboxylic acids is 1. The van der Waals surface area contributed by atoms with E-state index in [0.717, 1.165) is 0 Å². The van der Waals surface area contributed by atoms with Crippen LogP contribution in [-0.4, -0.2) is 47.3 Å². The third kappa shape index (κ3) is 4.84. The molecule has 6 heteroatoms. The van der Waals surface area contributed by atoms with Crippen molar-refractivity contribution in [1.82, 2.24) is 4.90 Å². The number of aliphatic hydroxyl groups excluding tert-OH is 2. The molecule has 0 atom stereocenters. The molecule has 4 nitrogen and oxygen atoms in total. The Hall–Kier alpha value is -1.07. The fourth-order valence-electron chi connectivity index (χ4n) is 1.49. The van der Waals surface area contributed by atoms with Gasteiger partial charge in [0, 0.05) is 19.2 Å². The zero-order chi connectivity index (χ0) is 14.3. The lowest BCUT2D eigenvalue weighted by Gasteiger charge is -2.18. The lowest BCUT2D eigenvalue weighted by atomic mass is 10.2. The molecule has 1 rings (SSSR count). The van der Waals surface area contributed by atoms with Crippen LogP contribution in [0.25, 0.3) is 6.08 Å². The highest BCUT2D eigenvalue weighted by Crippen LogP contribution is 2.26. The van der Waals surface area contributed by atoms with E-state index >= 15 is 0 Å². The summed E-state index contributed by atoms with van der Waals surface area (Å²) in [4.78, 5) is 13.2. The molecule has 0 saturated carbocycles. The number of hydrogen-bond acceptors (Lipinski definition) is 3. The van der Waals surface area contributed by atoms with Gasteiger partial charge >= 0.3 is 0 Å². The molecule has 0 spiro atoms. The molecule has 0 aromatic heterocycles. The van der Waals surface area contributed by atoms with Crippen LogP contribution in [0.1, 0.15) is 5.56 Å². The molecular formula is C13H15Cl2NO3. The van der Waals surface area contributed by atoms with E-state index in [4.69, 9.17) is 33.4 Å². The summed E-state index contributed by atoms with van der Waals surface area (Å²) in [6.45, 7) is 0.0367. The van der Waals surface area contributed by atoms with Gasteiger partial charge in [-0.25, -0.2) is 0 Å². The Bertz CT molecular complexity index is 457. The Morgan fingerprint density at radius 2 is 1.84 bits per heavy atom. The number of aliphatic hydroxyl groups is 2. The minimum atomic E-state index is -0.306. The Kier molecular flexibility index (Phi) is 6.87. The summed E-state index contributed by atoms with van der Waals surface area (Å²) in [6, 6.07) is 5.13. The highest BCUT2D eigenvalue weighted by Gasteiger charge is 2.09. The van der Waals surface area contributed by atoms with Gasteiger partial charge in [-0.1, -0.05) is 35.3 Å². The zero-order valence-corrected chi connectivity index (χ0v) is 11.7. The van der Waals surface area contributed by atoms with Gasteiger partial charge in [-0.05, 0) is 17.7 Å². The van der Waals surface area contributed by atoms with Crippen molar-refractivity contribution in [2.24, 2.45) is 0 Å². The number of carbonyl (C=O) groups is 1. The van der Waals surface area contributed by atoms with Crippen molar-refractivity contribution in [3.8, 4) is 0 Å². The number of benzene rings is 1. The number of halogens is 2. The predicted molar refractivity (Wildman–Crippen MR) is 76.2 cm³/mol. The van der Waals surface area contributed by atoms with Gasteiger partial charge in [0.2, 0.25) is 5.91 Å². The molecule has 0 aliphatic carbocycles. The van der Waals surface area contributed by atoms with Gasteiger partial charge in [-0.3, -0.25) is 4.79 Å². The van der Waals surface area contributed by atoms with Gasteiger partial charge in [0.1, 0.15) is 0 Å². The Morgan fingerprint density at radius 3 is 2.42 bits per heavy atom. The van der Waals surface area contributed by atoms with E-state index in [1.165, 1.54) is 11.0 Å². The van der Waals surface area contributed by atoms with Gasteiger partial charge in [0.15, 0.2) is 0 Å². The molecule has 0 saturated heterocycles. The second-order valence-electron chi connectivity index (χ2n) is 3.75. The van der Waals surface area contributed by atoms with Gasteiger partial charge in [-0.2, -0.15) is 0 Å². The van der Waals surface area contributed by atoms with E-state index in [9.17, 15) is 4.79 Å². The number of nitrogens with zero attached hydrogens (tertiary/aromatic N) is 1. The van der Waals surface area contributed by atoms with Crippen molar-refractivity contribution in [2.45, 2.75) is 0 Å². The fraction of sp³-hybridized carbons (Fsp3) is 0.308. The molecule has 1 aromatic rings. The number of hydrogen-bond donors (Lipinski definition) is 2. The van der Waals surface area contributed by atoms with Gasteiger partial charge < -0.3 is 15.1 Å². The standard InChI is InChI=1S/C13H15Cl2NO3/c14-11-3-1-2-10(13(11)15)4-5-12(19)16(6-8-17)7-9-18/h1-5,17-18H,6-9H2/b5-4+. The van der Waals surface area contributed by atoms with Crippen LogP contribution < -0.4 is 0 Å². The van der Waals surface area contributed by atoms with E-state index in [-0.39, 0.29) is 32.2 Å². The van der Waals surface area contributed by atoms with Gasteiger partial charge in [0.25, 0.3) is 0 Å². The lowest BCUT2D eigenvalue weighted by molar-refractivity contribution is -0.126. The second-order valence-corrected chi connectivity index (χ2v) is 4.53. The molecule has 19 heavy (non-hydrogen) atoms. The maximum Gasteiger partial charge on any atom is 0.246 e. The highest BCUT2D eigenvalue weighted by molar-refractivity contribution is 6.42. The van der Waals surface area contributed by atoms with Crippen LogP contribution in [0.5, 0.6) is 0 Å². The average Bonchev–Trinajstić information content (AvgIpc) is 2.40. The van der Waals surface area contributed by atoms with Crippen molar-refractivity contribution in [3.63, 3.8) is 0 Å². The third-order valence-electron chi connectivity index (χ3n) is 2.44. The van der Waals surface area contributed by atoms with E-state index in [0.29, 0.717) is 15.6 Å². The maximum absolute atomic E-state index is 11.8. The highest BCUT2D eigenvalue weighted by atomic mass is 35.5. The third-order valence-corrected chi connectivity index (χ3v) is 3.27. The molecule has 0 aliphatic heterocycles. The molecule has 0 bridgehead atoms. The monoisotopic (exact) mass is 303 g/mol. The first kappa shape index (κ1) is 16.0. The van der Waals surface area contributed by atoms with E-state index < -0.39 is 0 Å². The average molecular weight is 304 g/mol. The van der Waals surface area contributed by atoms with E-state index in [1.54, 1.807) is 24.3 Å². The Labute approximate surface area is 121 Å². The SMILES string of the molecule is O=C(/C=C/c1cccc(Cl)c1Cl)N(CCO)CCO. The lowest BCUT2D eigenvalue weighted by Crippen LogP contribution is -2.34. The van der Waals surface area contributed by atoms with Crippen LogP contribution in [0.4, 0.5) is 0 Å².